The molecule has 3 rings (SSSR count). The summed E-state index contributed by atoms with van der Waals surface area (Å²) in [5.74, 6) is -6.11. The molecule has 12 heteroatoms. The van der Waals surface area contributed by atoms with Crippen LogP contribution in [0.25, 0.3) is 0 Å². The first-order valence-electron chi connectivity index (χ1n) is 13.3. The minimum atomic E-state index is -2.24. The maximum absolute atomic E-state index is 13.7. The molecule has 220 valence electrons. The molecule has 0 unspecified atom stereocenters. The summed E-state index contributed by atoms with van der Waals surface area (Å²) in [7, 11) is 2.22. The number of rotatable bonds is 12. The Labute approximate surface area is 231 Å². The molecule has 0 amide bonds. The minimum absolute atomic E-state index is 0.193. The van der Waals surface area contributed by atoms with E-state index in [2.05, 4.69) is 11.7 Å². The van der Waals surface area contributed by atoms with Crippen molar-refractivity contribution in [2.24, 2.45) is 16.7 Å². The van der Waals surface area contributed by atoms with E-state index in [0.717, 1.165) is 38.9 Å². The molecule has 12 nitrogen and oxygen atoms in total. The van der Waals surface area contributed by atoms with Crippen molar-refractivity contribution in [1.82, 2.24) is 0 Å². The van der Waals surface area contributed by atoms with E-state index in [1.54, 1.807) is 0 Å². The smallest absolute Gasteiger partial charge is 0.346 e. The lowest BCUT2D eigenvalue weighted by Crippen LogP contribution is -2.51. The number of carbonyl (C=O) groups is 5. The summed E-state index contributed by atoms with van der Waals surface area (Å²) in [6.45, 7) is 2.05. The molecule has 3 N–H and O–H groups in total. The fourth-order valence-electron chi connectivity index (χ4n) is 6.15. The van der Waals surface area contributed by atoms with Crippen molar-refractivity contribution in [2.75, 3.05) is 14.2 Å². The molecule has 1 aliphatic carbocycles. The highest BCUT2D eigenvalue weighted by molar-refractivity contribution is 6.15. The summed E-state index contributed by atoms with van der Waals surface area (Å²) >= 11 is 0. The van der Waals surface area contributed by atoms with Crippen molar-refractivity contribution >= 4 is 29.8 Å². The quantitative estimate of drug-likeness (QED) is 0.0780. The van der Waals surface area contributed by atoms with Gasteiger partial charge < -0.3 is 34.3 Å². The number of hydrogen-bond acceptors (Lipinski definition) is 12. The van der Waals surface area contributed by atoms with Gasteiger partial charge in [-0.1, -0.05) is 32.3 Å². The predicted molar refractivity (Wildman–Crippen MR) is 136 cm³/mol. The Bertz CT molecular complexity index is 1120. The highest BCUT2D eigenvalue weighted by Crippen LogP contribution is 2.67. The number of carbonyl (C=O) groups excluding carboxylic acids is 5. The molecule has 40 heavy (non-hydrogen) atoms. The highest BCUT2D eigenvalue weighted by Gasteiger charge is 2.77. The van der Waals surface area contributed by atoms with Gasteiger partial charge in [0.05, 0.1) is 43.8 Å². The average Bonchev–Trinajstić information content (AvgIpc) is 3.56. The maximum atomic E-state index is 13.7. The van der Waals surface area contributed by atoms with Crippen LogP contribution in [0.1, 0.15) is 58.3 Å². The van der Waals surface area contributed by atoms with E-state index in [9.17, 15) is 39.3 Å². The molecular formula is C28H36O12. The lowest BCUT2D eigenvalue weighted by molar-refractivity contribution is -0.167. The van der Waals surface area contributed by atoms with E-state index < -0.39 is 83.3 Å². The standard InChI is InChI=1S/C28H36O12/c1-4-5-6-7-9-17-12-18(23(33)39-17)27(25(35)38-3)13-16(22(32)20(30)10-8-11-21(31)37-2)14-28(27)19(15-29)24(34)40-26(28)36/h8,11-12,15-17,20,22,29-30,32H,4-7,9-10,13-14H2,1-3H3/b11-8-,19-15?/t16-,17+,20+,22+,27+,28-/m1/s1. The van der Waals surface area contributed by atoms with Gasteiger partial charge in [0.15, 0.2) is 0 Å². The van der Waals surface area contributed by atoms with Gasteiger partial charge in [-0.25, -0.2) is 14.4 Å². The molecular weight excluding hydrogens is 528 g/mol. The van der Waals surface area contributed by atoms with Gasteiger partial charge >= 0.3 is 29.8 Å². The van der Waals surface area contributed by atoms with Gasteiger partial charge in [-0.05, 0) is 44.1 Å². The predicted octanol–water partition coefficient (Wildman–Crippen LogP) is 1.73. The SMILES string of the molecule is CCCCCC[C@H]1C=C([C@]2(C(=O)OC)C[C@@H]([C@H](O)[C@@H](O)C/C=C\C(=O)OC)C[C@@]23C(=O)OC(=O)C3=CO)C(=O)O1. The molecule has 0 aromatic heterocycles. The van der Waals surface area contributed by atoms with Gasteiger partial charge in [0.2, 0.25) is 0 Å². The number of unbranched alkanes of at least 4 members (excludes halogenated alkanes) is 3. The van der Waals surface area contributed by atoms with Crippen LogP contribution < -0.4 is 0 Å². The molecule has 0 aromatic carbocycles. The zero-order valence-electron chi connectivity index (χ0n) is 22.8. The molecule has 1 saturated carbocycles. The van der Waals surface area contributed by atoms with Crippen molar-refractivity contribution in [3.63, 3.8) is 0 Å². The first kappa shape index (κ1) is 31.0. The molecule has 0 bridgehead atoms. The summed E-state index contributed by atoms with van der Waals surface area (Å²) in [4.78, 5) is 64.4. The Morgan fingerprint density at radius 3 is 2.45 bits per heavy atom. The molecule has 1 spiro atoms. The van der Waals surface area contributed by atoms with E-state index in [1.807, 2.05) is 0 Å². The third-order valence-electron chi connectivity index (χ3n) is 8.08. The van der Waals surface area contributed by atoms with Crippen LogP contribution in [-0.2, 0) is 42.9 Å². The minimum Gasteiger partial charge on any atom is -0.515 e. The Morgan fingerprint density at radius 2 is 1.82 bits per heavy atom. The molecule has 2 fully saturated rings. The number of ether oxygens (including phenoxy) is 4. The monoisotopic (exact) mass is 564 g/mol. The van der Waals surface area contributed by atoms with Crippen LogP contribution in [0, 0.1) is 16.7 Å². The maximum Gasteiger partial charge on any atom is 0.346 e. The van der Waals surface area contributed by atoms with Crippen LogP contribution in [0.5, 0.6) is 0 Å². The van der Waals surface area contributed by atoms with Crippen LogP contribution in [0.3, 0.4) is 0 Å². The second kappa shape index (κ2) is 12.8. The van der Waals surface area contributed by atoms with Crippen LogP contribution >= 0.6 is 0 Å². The fraction of sp³-hybridized carbons (Fsp3) is 0.607. The number of aliphatic hydroxyl groups is 3. The van der Waals surface area contributed by atoms with Crippen molar-refractivity contribution in [3.8, 4) is 0 Å². The fourth-order valence-corrected chi connectivity index (χ4v) is 6.15. The summed E-state index contributed by atoms with van der Waals surface area (Å²) in [6.07, 6.45) is 3.41. The number of cyclic esters (lactones) is 3. The van der Waals surface area contributed by atoms with Gasteiger partial charge in [-0.15, -0.1) is 0 Å². The van der Waals surface area contributed by atoms with Gasteiger partial charge in [0.25, 0.3) is 0 Å². The average molecular weight is 565 g/mol. The zero-order chi connectivity index (χ0) is 29.7. The van der Waals surface area contributed by atoms with Gasteiger partial charge in [-0.3, -0.25) is 9.59 Å². The first-order valence-corrected chi connectivity index (χ1v) is 13.3. The Kier molecular flexibility index (Phi) is 9.91. The van der Waals surface area contributed by atoms with Crippen LogP contribution in [0.15, 0.2) is 35.6 Å². The van der Waals surface area contributed by atoms with Gasteiger partial charge in [0.1, 0.15) is 16.9 Å². The number of hydrogen-bond donors (Lipinski definition) is 3. The van der Waals surface area contributed by atoms with Crippen molar-refractivity contribution in [1.29, 1.82) is 0 Å². The molecule has 3 aliphatic rings. The normalized spacial score (nSPS) is 30.5. The topological polar surface area (TPSA) is 183 Å². The summed E-state index contributed by atoms with van der Waals surface area (Å²) in [5, 5.41) is 31.8. The van der Waals surface area contributed by atoms with Crippen molar-refractivity contribution in [2.45, 2.75) is 76.6 Å². The van der Waals surface area contributed by atoms with Crippen molar-refractivity contribution in [3.05, 3.63) is 35.6 Å². The summed E-state index contributed by atoms with van der Waals surface area (Å²) < 4.78 is 20.0. The van der Waals surface area contributed by atoms with E-state index in [-0.39, 0.29) is 12.0 Å². The van der Waals surface area contributed by atoms with Gasteiger partial charge in [0, 0.05) is 6.08 Å². The second-order valence-electron chi connectivity index (χ2n) is 10.3. The van der Waals surface area contributed by atoms with E-state index in [4.69, 9.17) is 14.2 Å². The number of methoxy groups -OCH3 is 2. The molecule has 2 aliphatic heterocycles. The Hall–Kier alpha value is -3.51. The molecule has 2 heterocycles. The Morgan fingerprint density at radius 1 is 1.10 bits per heavy atom. The molecule has 1 saturated heterocycles. The second-order valence-corrected chi connectivity index (χ2v) is 10.3. The summed E-state index contributed by atoms with van der Waals surface area (Å²) in [6, 6.07) is 0. The van der Waals surface area contributed by atoms with E-state index in [1.165, 1.54) is 19.3 Å². The lowest BCUT2D eigenvalue weighted by atomic mass is 9.59. The zero-order valence-corrected chi connectivity index (χ0v) is 22.8. The van der Waals surface area contributed by atoms with Crippen molar-refractivity contribution < 1.29 is 58.2 Å². The van der Waals surface area contributed by atoms with Crippen LogP contribution in [0.4, 0.5) is 0 Å². The molecule has 6 atom stereocenters. The van der Waals surface area contributed by atoms with Crippen LogP contribution in [0.2, 0.25) is 0 Å². The summed E-state index contributed by atoms with van der Waals surface area (Å²) in [5.41, 5.74) is -5.25. The largest absolute Gasteiger partial charge is 0.515 e. The third kappa shape index (κ3) is 5.29. The first-order chi connectivity index (χ1) is 19.0. The van der Waals surface area contributed by atoms with Crippen LogP contribution in [-0.4, -0.2) is 77.7 Å². The van der Waals surface area contributed by atoms with E-state index in [0.29, 0.717) is 12.7 Å². The number of esters is 5. The highest BCUT2D eigenvalue weighted by atomic mass is 16.6. The number of aliphatic hydroxyl groups excluding tert-OH is 3. The molecule has 0 radical (unpaired) electrons. The van der Waals surface area contributed by atoms with Gasteiger partial charge in [-0.2, -0.15) is 0 Å². The van der Waals surface area contributed by atoms with E-state index >= 15 is 0 Å². The third-order valence-corrected chi connectivity index (χ3v) is 8.08. The molecule has 0 aromatic rings. The Balaban J connectivity index is 2.09. The lowest BCUT2D eigenvalue weighted by Gasteiger charge is -2.37.